The number of amides is 2. The molecule has 5 atom stereocenters. The molecule has 2 aliphatic rings. The Balaban J connectivity index is 1.50. The lowest BCUT2D eigenvalue weighted by Crippen LogP contribution is -2.47. The second-order valence-electron chi connectivity index (χ2n) is 7.57. The number of carbonyl (C=O) groups excluding carboxylic acids is 2. The van der Waals surface area contributed by atoms with Gasteiger partial charge >= 0.3 is 11.8 Å². The van der Waals surface area contributed by atoms with Crippen LogP contribution in [0.15, 0.2) is 24.3 Å². The number of fused-ring (bicyclic) bond motifs is 2. The molecule has 2 amide bonds. The van der Waals surface area contributed by atoms with Gasteiger partial charge in [0.2, 0.25) is 0 Å². The van der Waals surface area contributed by atoms with Crippen molar-refractivity contribution in [1.29, 1.82) is 0 Å². The fourth-order valence-corrected chi connectivity index (χ4v) is 4.52. The van der Waals surface area contributed by atoms with Crippen LogP contribution in [0.5, 0.6) is 5.75 Å². The molecule has 5 unspecified atom stereocenters. The van der Waals surface area contributed by atoms with Gasteiger partial charge in [-0.15, -0.1) is 0 Å². The Morgan fingerprint density at radius 1 is 1.04 bits per heavy atom. The summed E-state index contributed by atoms with van der Waals surface area (Å²) in [5.41, 5.74) is 0.933. The van der Waals surface area contributed by atoms with Crippen LogP contribution in [-0.2, 0) is 9.59 Å². The molecule has 25 heavy (non-hydrogen) atoms. The quantitative estimate of drug-likeness (QED) is 0.807. The lowest BCUT2D eigenvalue weighted by molar-refractivity contribution is -0.140. The fourth-order valence-electron chi connectivity index (χ4n) is 4.52. The maximum absolute atomic E-state index is 12.2. The highest BCUT2D eigenvalue weighted by atomic mass is 16.5. The molecule has 0 aliphatic heterocycles. The van der Waals surface area contributed by atoms with Crippen molar-refractivity contribution < 1.29 is 14.3 Å². The third kappa shape index (κ3) is 3.97. The summed E-state index contributed by atoms with van der Waals surface area (Å²) in [5.74, 6) is 1.74. The summed E-state index contributed by atoms with van der Waals surface area (Å²) in [6.45, 7) is 3.90. The smallest absolute Gasteiger partial charge is 0.309 e. The molecule has 0 saturated heterocycles. The minimum atomic E-state index is -0.571. The van der Waals surface area contributed by atoms with E-state index in [1.54, 1.807) is 7.11 Å². The van der Waals surface area contributed by atoms with Gasteiger partial charge in [-0.2, -0.15) is 0 Å². The third-order valence-electron chi connectivity index (χ3n) is 5.96. The molecule has 1 aromatic rings. The van der Waals surface area contributed by atoms with Crippen LogP contribution in [0.1, 0.15) is 51.1 Å². The first-order chi connectivity index (χ1) is 12.0. The lowest BCUT2D eigenvalue weighted by Gasteiger charge is -2.28. The van der Waals surface area contributed by atoms with Gasteiger partial charge in [0.25, 0.3) is 0 Å². The van der Waals surface area contributed by atoms with Crippen molar-refractivity contribution in [3.05, 3.63) is 29.8 Å². The summed E-state index contributed by atoms with van der Waals surface area (Å²) < 4.78 is 5.13. The van der Waals surface area contributed by atoms with Gasteiger partial charge in [0, 0.05) is 6.04 Å². The molecule has 1 aromatic carbocycles. The molecule has 0 aromatic heterocycles. The van der Waals surface area contributed by atoms with Gasteiger partial charge in [0.05, 0.1) is 13.2 Å². The molecule has 5 heteroatoms. The van der Waals surface area contributed by atoms with E-state index in [9.17, 15) is 9.59 Å². The van der Waals surface area contributed by atoms with E-state index in [4.69, 9.17) is 4.74 Å². The Morgan fingerprint density at radius 2 is 1.72 bits per heavy atom. The zero-order chi connectivity index (χ0) is 18.0. The predicted molar refractivity (Wildman–Crippen MR) is 96.1 cm³/mol. The molecule has 136 valence electrons. The molecule has 0 spiro atoms. The van der Waals surface area contributed by atoms with Crippen molar-refractivity contribution in [2.24, 2.45) is 17.8 Å². The first-order valence-electron chi connectivity index (χ1n) is 9.23. The van der Waals surface area contributed by atoms with Gasteiger partial charge in [-0.25, -0.2) is 0 Å². The number of methoxy groups -OCH3 is 1. The average molecular weight is 344 g/mol. The van der Waals surface area contributed by atoms with Crippen LogP contribution in [0.3, 0.4) is 0 Å². The van der Waals surface area contributed by atoms with Crippen molar-refractivity contribution in [3.63, 3.8) is 0 Å². The number of rotatable bonds is 5. The molecule has 2 aliphatic carbocycles. The monoisotopic (exact) mass is 344 g/mol. The average Bonchev–Trinajstić information content (AvgIpc) is 3.25. The van der Waals surface area contributed by atoms with E-state index in [0.29, 0.717) is 5.92 Å². The topological polar surface area (TPSA) is 67.4 Å². The third-order valence-corrected chi connectivity index (χ3v) is 5.96. The molecule has 2 saturated carbocycles. The number of hydrogen-bond acceptors (Lipinski definition) is 3. The van der Waals surface area contributed by atoms with Crippen LogP contribution in [0, 0.1) is 17.8 Å². The lowest BCUT2D eigenvalue weighted by atomic mass is 9.84. The number of ether oxygens (including phenoxy) is 1. The summed E-state index contributed by atoms with van der Waals surface area (Å²) in [5, 5.41) is 5.68. The van der Waals surface area contributed by atoms with Crippen molar-refractivity contribution in [1.82, 2.24) is 10.6 Å². The maximum atomic E-state index is 12.2. The second-order valence-corrected chi connectivity index (χ2v) is 7.57. The van der Waals surface area contributed by atoms with Crippen LogP contribution in [0.2, 0.25) is 0 Å². The normalized spacial score (nSPS) is 26.8. The Labute approximate surface area is 149 Å². The van der Waals surface area contributed by atoms with E-state index in [-0.39, 0.29) is 12.1 Å². The van der Waals surface area contributed by atoms with Crippen molar-refractivity contribution in [3.8, 4) is 5.75 Å². The minimum absolute atomic E-state index is 0.0600. The summed E-state index contributed by atoms with van der Waals surface area (Å²) in [7, 11) is 1.61. The summed E-state index contributed by atoms with van der Waals surface area (Å²) in [6, 6.07) is 7.29. The number of benzene rings is 1. The summed E-state index contributed by atoms with van der Waals surface area (Å²) >= 11 is 0. The Hall–Kier alpha value is -2.04. The molecule has 0 radical (unpaired) electrons. The largest absolute Gasteiger partial charge is 0.497 e. The van der Waals surface area contributed by atoms with E-state index in [1.165, 1.54) is 25.7 Å². The number of carbonyl (C=O) groups is 2. The van der Waals surface area contributed by atoms with Crippen LogP contribution < -0.4 is 15.4 Å². The standard InChI is InChI=1S/C20H28N2O3/c1-12(15-6-8-17(25-3)9-7-15)21-19(23)20(24)22-13(2)18-11-14-4-5-16(18)10-14/h6-9,12-14,16,18H,4-5,10-11H2,1-3H3,(H,21,23)(H,22,24). The first kappa shape index (κ1) is 17.8. The molecule has 0 heterocycles. The van der Waals surface area contributed by atoms with Gasteiger partial charge in [-0.05, 0) is 68.6 Å². The molecule has 2 N–H and O–H groups in total. The van der Waals surface area contributed by atoms with E-state index >= 15 is 0 Å². The highest BCUT2D eigenvalue weighted by Gasteiger charge is 2.42. The van der Waals surface area contributed by atoms with Crippen LogP contribution in [-0.4, -0.2) is 25.0 Å². The van der Waals surface area contributed by atoms with E-state index in [0.717, 1.165) is 23.1 Å². The zero-order valence-corrected chi connectivity index (χ0v) is 15.2. The van der Waals surface area contributed by atoms with Gasteiger partial charge in [-0.3, -0.25) is 9.59 Å². The zero-order valence-electron chi connectivity index (χ0n) is 15.2. The number of hydrogen-bond donors (Lipinski definition) is 2. The molecular formula is C20H28N2O3. The Kier molecular flexibility index (Phi) is 5.30. The predicted octanol–water partition coefficient (Wildman–Crippen LogP) is 2.81. The highest BCUT2D eigenvalue weighted by Crippen LogP contribution is 2.49. The van der Waals surface area contributed by atoms with Gasteiger partial charge in [0.1, 0.15) is 5.75 Å². The molecule has 2 fully saturated rings. The molecule has 2 bridgehead atoms. The van der Waals surface area contributed by atoms with Gasteiger partial charge < -0.3 is 15.4 Å². The number of nitrogens with one attached hydrogen (secondary N) is 2. The van der Waals surface area contributed by atoms with Crippen molar-refractivity contribution in [2.45, 2.75) is 51.6 Å². The minimum Gasteiger partial charge on any atom is -0.497 e. The summed E-state index contributed by atoms with van der Waals surface area (Å²) in [4.78, 5) is 24.5. The molecule has 5 nitrogen and oxygen atoms in total. The Morgan fingerprint density at radius 3 is 2.28 bits per heavy atom. The van der Waals surface area contributed by atoms with Gasteiger partial charge in [0.15, 0.2) is 0 Å². The maximum Gasteiger partial charge on any atom is 0.309 e. The van der Waals surface area contributed by atoms with Crippen LogP contribution >= 0.6 is 0 Å². The molecule has 3 rings (SSSR count). The summed E-state index contributed by atoms with van der Waals surface area (Å²) in [6.07, 6.45) is 5.10. The van der Waals surface area contributed by atoms with Crippen LogP contribution in [0.4, 0.5) is 0 Å². The van der Waals surface area contributed by atoms with Crippen molar-refractivity contribution in [2.75, 3.05) is 7.11 Å². The SMILES string of the molecule is COc1ccc(C(C)NC(=O)C(=O)NC(C)C2CC3CCC2C3)cc1. The van der Waals surface area contributed by atoms with E-state index in [1.807, 2.05) is 38.1 Å². The fraction of sp³-hybridized carbons (Fsp3) is 0.600. The molecular weight excluding hydrogens is 316 g/mol. The van der Waals surface area contributed by atoms with E-state index in [2.05, 4.69) is 10.6 Å². The van der Waals surface area contributed by atoms with E-state index < -0.39 is 11.8 Å². The highest BCUT2D eigenvalue weighted by molar-refractivity contribution is 6.35. The second kappa shape index (κ2) is 7.46. The van der Waals surface area contributed by atoms with Gasteiger partial charge in [-0.1, -0.05) is 18.6 Å². The van der Waals surface area contributed by atoms with Crippen molar-refractivity contribution >= 4 is 11.8 Å². The first-order valence-corrected chi connectivity index (χ1v) is 9.23. The Bertz CT molecular complexity index is 628. The van der Waals surface area contributed by atoms with Crippen LogP contribution in [0.25, 0.3) is 0 Å².